The Morgan fingerprint density at radius 3 is 1.88 bits per heavy atom. The molecule has 0 atom stereocenters. The van der Waals surface area contributed by atoms with Crippen LogP contribution in [0.5, 0.6) is 0 Å². The summed E-state index contributed by atoms with van der Waals surface area (Å²) in [6.45, 7) is 11.6. The predicted octanol–water partition coefficient (Wildman–Crippen LogP) is 5.49. The van der Waals surface area contributed by atoms with Crippen molar-refractivity contribution in [1.29, 1.82) is 0 Å². The Hall–Kier alpha value is -2.57. The van der Waals surface area contributed by atoms with E-state index in [4.69, 9.17) is 5.73 Å². The Kier molecular flexibility index (Phi) is 8.55. The number of carbonyl (C=O) groups is 2. The second-order valence-electron chi connectivity index (χ2n) is 10.1. The highest BCUT2D eigenvalue weighted by molar-refractivity contribution is 5.98. The number of benzene rings is 2. The zero-order valence-electron chi connectivity index (χ0n) is 20.3. The molecule has 1 aliphatic heterocycles. The predicted molar refractivity (Wildman–Crippen MR) is 138 cm³/mol. The zero-order valence-corrected chi connectivity index (χ0v) is 21.1. The average molecular weight is 473 g/mol. The summed E-state index contributed by atoms with van der Waals surface area (Å²) in [5.41, 5.74) is 9.45. The van der Waals surface area contributed by atoms with Crippen LogP contribution < -0.4 is 16.4 Å². The lowest BCUT2D eigenvalue weighted by molar-refractivity contribution is -0.122. The van der Waals surface area contributed by atoms with Gasteiger partial charge in [-0.3, -0.25) is 4.79 Å². The first-order chi connectivity index (χ1) is 15.0. The Morgan fingerprint density at radius 1 is 0.909 bits per heavy atom. The number of anilines is 2. The number of amides is 3. The van der Waals surface area contributed by atoms with Crippen LogP contribution in [0.1, 0.15) is 64.5 Å². The van der Waals surface area contributed by atoms with E-state index in [1.165, 1.54) is 11.1 Å². The number of carbonyl (C=O) groups excluding carboxylic acids is 2. The topological polar surface area (TPSA) is 87.5 Å². The number of urea groups is 1. The molecule has 2 aromatic carbocycles. The van der Waals surface area contributed by atoms with E-state index in [1.54, 1.807) is 4.90 Å². The maximum Gasteiger partial charge on any atom is 0.321 e. The SMILES string of the molecule is CC(C)c1ccc(NC(=O)C2(N)CCN(C(=O)Nc3ccc(C(C)(C)C)cc3)CC2)cc1.Cl. The van der Waals surface area contributed by atoms with E-state index in [0.29, 0.717) is 31.8 Å². The number of nitrogens with two attached hydrogens (primary N) is 1. The maximum atomic E-state index is 12.8. The molecule has 33 heavy (non-hydrogen) atoms. The van der Waals surface area contributed by atoms with Crippen molar-refractivity contribution >= 4 is 35.7 Å². The first kappa shape index (κ1) is 26.7. The van der Waals surface area contributed by atoms with Crippen LogP contribution in [0.4, 0.5) is 16.2 Å². The molecule has 1 aliphatic rings. The van der Waals surface area contributed by atoms with Crippen molar-refractivity contribution in [1.82, 2.24) is 4.90 Å². The summed E-state index contributed by atoms with van der Waals surface area (Å²) in [4.78, 5) is 27.2. The van der Waals surface area contributed by atoms with Gasteiger partial charge in [-0.25, -0.2) is 4.79 Å². The lowest BCUT2D eigenvalue weighted by Crippen LogP contribution is -2.58. The fourth-order valence-corrected chi connectivity index (χ4v) is 3.80. The Labute approximate surface area is 203 Å². The normalized spacial score (nSPS) is 15.5. The summed E-state index contributed by atoms with van der Waals surface area (Å²) < 4.78 is 0. The van der Waals surface area contributed by atoms with Crippen LogP contribution in [0.15, 0.2) is 48.5 Å². The van der Waals surface area contributed by atoms with Crippen LogP contribution in [0.3, 0.4) is 0 Å². The van der Waals surface area contributed by atoms with Crippen LogP contribution >= 0.6 is 12.4 Å². The van der Waals surface area contributed by atoms with Gasteiger partial charge in [0.25, 0.3) is 0 Å². The molecule has 180 valence electrons. The van der Waals surface area contributed by atoms with Gasteiger partial charge in [0.15, 0.2) is 0 Å². The minimum atomic E-state index is -0.984. The molecule has 2 aromatic rings. The van der Waals surface area contributed by atoms with E-state index in [-0.39, 0.29) is 29.8 Å². The van der Waals surface area contributed by atoms with Gasteiger partial charge in [0, 0.05) is 24.5 Å². The van der Waals surface area contributed by atoms with Gasteiger partial charge in [0.05, 0.1) is 5.54 Å². The van der Waals surface area contributed by atoms with E-state index in [1.807, 2.05) is 48.5 Å². The molecule has 0 aromatic heterocycles. The van der Waals surface area contributed by atoms with Crippen LogP contribution in [0, 0.1) is 0 Å². The van der Waals surface area contributed by atoms with Gasteiger partial charge in [-0.15, -0.1) is 12.4 Å². The van der Waals surface area contributed by atoms with Crippen molar-refractivity contribution in [3.63, 3.8) is 0 Å². The lowest BCUT2D eigenvalue weighted by atomic mass is 9.87. The number of likely N-dealkylation sites (tertiary alicyclic amines) is 1. The maximum absolute atomic E-state index is 12.8. The van der Waals surface area contributed by atoms with Crippen molar-refractivity contribution < 1.29 is 9.59 Å². The fraction of sp³-hybridized carbons (Fsp3) is 0.462. The molecule has 0 unspecified atom stereocenters. The highest BCUT2D eigenvalue weighted by Gasteiger charge is 2.39. The second-order valence-corrected chi connectivity index (χ2v) is 10.1. The summed E-state index contributed by atoms with van der Waals surface area (Å²) in [6, 6.07) is 15.6. The van der Waals surface area contributed by atoms with Gasteiger partial charge >= 0.3 is 6.03 Å². The Morgan fingerprint density at radius 2 is 1.39 bits per heavy atom. The minimum absolute atomic E-state index is 0. The molecule has 3 amide bonds. The Bertz CT molecular complexity index is 942. The van der Waals surface area contributed by atoms with E-state index in [0.717, 1.165) is 11.4 Å². The van der Waals surface area contributed by atoms with Gasteiger partial charge in [0.1, 0.15) is 0 Å². The fourth-order valence-electron chi connectivity index (χ4n) is 3.80. The van der Waals surface area contributed by atoms with Gasteiger partial charge in [-0.2, -0.15) is 0 Å². The number of halogens is 1. The molecule has 0 aliphatic carbocycles. The number of nitrogens with one attached hydrogen (secondary N) is 2. The first-order valence-corrected chi connectivity index (χ1v) is 11.3. The summed E-state index contributed by atoms with van der Waals surface area (Å²) in [6.07, 6.45) is 0.832. The van der Waals surface area contributed by atoms with E-state index >= 15 is 0 Å². The molecule has 0 saturated carbocycles. The quantitative estimate of drug-likeness (QED) is 0.549. The number of rotatable bonds is 4. The van der Waals surface area contributed by atoms with Crippen molar-refractivity contribution in [3.05, 3.63) is 59.7 Å². The standard InChI is InChI=1S/C26H36N4O2.ClH/c1-18(2)19-6-10-21(11-7-19)28-23(31)26(27)14-16-30(17-15-26)24(32)29-22-12-8-20(9-13-22)25(3,4)5;/h6-13,18H,14-17,27H2,1-5H3,(H,28,31)(H,29,32);1H. The zero-order chi connectivity index (χ0) is 23.5. The molecule has 7 heteroatoms. The molecule has 4 N–H and O–H groups in total. The molecular formula is C26H37ClN4O2. The summed E-state index contributed by atoms with van der Waals surface area (Å²) in [5.74, 6) is 0.236. The lowest BCUT2D eigenvalue weighted by Gasteiger charge is -2.38. The Balaban J connectivity index is 0.00000385. The van der Waals surface area contributed by atoms with Crippen LogP contribution in [-0.4, -0.2) is 35.5 Å². The molecule has 0 bridgehead atoms. The van der Waals surface area contributed by atoms with Crippen molar-refractivity contribution in [3.8, 4) is 0 Å². The molecular weight excluding hydrogens is 436 g/mol. The van der Waals surface area contributed by atoms with Gasteiger partial charge in [0.2, 0.25) is 5.91 Å². The number of nitrogens with zero attached hydrogens (tertiary/aromatic N) is 1. The number of piperidine rings is 1. The van der Waals surface area contributed by atoms with E-state index < -0.39 is 5.54 Å². The number of hydrogen-bond donors (Lipinski definition) is 3. The van der Waals surface area contributed by atoms with Gasteiger partial charge in [-0.05, 0) is 59.6 Å². The van der Waals surface area contributed by atoms with Gasteiger partial charge in [-0.1, -0.05) is 58.9 Å². The van der Waals surface area contributed by atoms with E-state index in [9.17, 15) is 9.59 Å². The summed E-state index contributed by atoms with van der Waals surface area (Å²) in [5, 5.41) is 5.88. The van der Waals surface area contributed by atoms with Gasteiger partial charge < -0.3 is 21.3 Å². The highest BCUT2D eigenvalue weighted by Crippen LogP contribution is 2.25. The van der Waals surface area contributed by atoms with Crippen molar-refractivity contribution in [2.24, 2.45) is 5.73 Å². The largest absolute Gasteiger partial charge is 0.324 e. The highest BCUT2D eigenvalue weighted by atomic mass is 35.5. The second kappa shape index (κ2) is 10.6. The molecule has 1 fully saturated rings. The summed E-state index contributed by atoms with van der Waals surface area (Å²) in [7, 11) is 0. The third-order valence-corrected chi connectivity index (χ3v) is 6.23. The third kappa shape index (κ3) is 6.71. The monoisotopic (exact) mass is 472 g/mol. The third-order valence-electron chi connectivity index (χ3n) is 6.23. The molecule has 1 heterocycles. The molecule has 1 saturated heterocycles. The van der Waals surface area contributed by atoms with Crippen LogP contribution in [-0.2, 0) is 10.2 Å². The minimum Gasteiger partial charge on any atom is -0.324 e. The molecule has 0 radical (unpaired) electrons. The first-order valence-electron chi connectivity index (χ1n) is 11.3. The van der Waals surface area contributed by atoms with Crippen molar-refractivity contribution in [2.75, 3.05) is 23.7 Å². The molecule has 0 spiro atoms. The van der Waals surface area contributed by atoms with Crippen LogP contribution in [0.25, 0.3) is 0 Å². The number of hydrogen-bond acceptors (Lipinski definition) is 3. The average Bonchev–Trinajstić information content (AvgIpc) is 2.74. The smallest absolute Gasteiger partial charge is 0.321 e. The molecule has 3 rings (SSSR count). The van der Waals surface area contributed by atoms with Crippen molar-refractivity contribution in [2.45, 2.75) is 64.3 Å². The molecule has 6 nitrogen and oxygen atoms in total. The summed E-state index contributed by atoms with van der Waals surface area (Å²) >= 11 is 0. The van der Waals surface area contributed by atoms with Crippen LogP contribution in [0.2, 0.25) is 0 Å². The van der Waals surface area contributed by atoms with E-state index in [2.05, 4.69) is 45.3 Å².